The first-order chi connectivity index (χ1) is 3.60. The molecule has 0 aromatic carbocycles. The van der Waals surface area contributed by atoms with E-state index in [0.29, 0.717) is 5.71 Å². The first-order valence-electron chi connectivity index (χ1n) is 2.26. The van der Waals surface area contributed by atoms with Crippen LogP contribution in [0.5, 0.6) is 0 Å². The Hall–Kier alpha value is -0.610. The molecule has 46 valence electrons. The van der Waals surface area contributed by atoms with E-state index in [1.165, 1.54) is 0 Å². The van der Waals surface area contributed by atoms with Crippen molar-refractivity contribution in [2.24, 2.45) is 5.16 Å². The third kappa shape index (κ3) is 0.962. The van der Waals surface area contributed by atoms with E-state index in [0.717, 1.165) is 0 Å². The summed E-state index contributed by atoms with van der Waals surface area (Å²) in [4.78, 5) is 4.15. The third-order valence-electron chi connectivity index (χ3n) is 0.834. The predicted octanol–water partition coefficient (Wildman–Crippen LogP) is -0.579. The van der Waals surface area contributed by atoms with Crippen LogP contribution in [0.25, 0.3) is 0 Å². The van der Waals surface area contributed by atoms with Gasteiger partial charge in [0.25, 0.3) is 0 Å². The van der Waals surface area contributed by atoms with Crippen LogP contribution in [0.1, 0.15) is 13.3 Å². The Morgan fingerprint density at radius 2 is 2.38 bits per heavy atom. The number of hydrogen-bond donors (Lipinski definition) is 2. The van der Waals surface area contributed by atoms with Gasteiger partial charge in [0, 0.05) is 0 Å². The number of nitrogens with zero attached hydrogens (tertiary/aromatic N) is 1. The highest BCUT2D eigenvalue weighted by atomic mass is 16.8. The van der Waals surface area contributed by atoms with Crippen LogP contribution in [0.3, 0.4) is 0 Å². The van der Waals surface area contributed by atoms with Gasteiger partial charge in [-0.05, 0) is 6.92 Å². The molecule has 0 fully saturated rings. The molecule has 1 aliphatic heterocycles. The monoisotopic (exact) mass is 117 g/mol. The zero-order valence-electron chi connectivity index (χ0n) is 4.46. The molecular formula is C4H7NO3. The summed E-state index contributed by atoms with van der Waals surface area (Å²) in [6.45, 7) is 1.66. The zero-order valence-corrected chi connectivity index (χ0v) is 4.46. The minimum absolute atomic E-state index is 0.0764. The van der Waals surface area contributed by atoms with Crippen LogP contribution in [-0.4, -0.2) is 21.9 Å². The predicted molar refractivity (Wildman–Crippen MR) is 26.0 cm³/mol. The highest BCUT2D eigenvalue weighted by Crippen LogP contribution is 2.16. The second kappa shape index (κ2) is 1.43. The number of rotatable bonds is 0. The van der Waals surface area contributed by atoms with Crippen LogP contribution in [-0.2, 0) is 4.84 Å². The second-order valence-electron chi connectivity index (χ2n) is 1.84. The van der Waals surface area contributed by atoms with E-state index in [4.69, 9.17) is 10.2 Å². The lowest BCUT2D eigenvalue weighted by molar-refractivity contribution is -0.322. The minimum atomic E-state index is -2.04. The second-order valence-corrected chi connectivity index (χ2v) is 1.84. The maximum Gasteiger partial charge on any atom is 0.350 e. The van der Waals surface area contributed by atoms with Crippen molar-refractivity contribution in [1.82, 2.24) is 0 Å². The van der Waals surface area contributed by atoms with Crippen LogP contribution in [0.2, 0.25) is 0 Å². The van der Waals surface area contributed by atoms with Crippen molar-refractivity contribution < 1.29 is 15.1 Å². The van der Waals surface area contributed by atoms with Gasteiger partial charge in [-0.25, -0.2) is 0 Å². The molecule has 0 saturated carbocycles. The molecule has 0 unspecified atom stereocenters. The van der Waals surface area contributed by atoms with Crippen molar-refractivity contribution in [3.05, 3.63) is 0 Å². The van der Waals surface area contributed by atoms with Gasteiger partial charge in [-0.15, -0.1) is 0 Å². The van der Waals surface area contributed by atoms with E-state index in [1.807, 2.05) is 0 Å². The van der Waals surface area contributed by atoms with E-state index in [-0.39, 0.29) is 6.42 Å². The molecule has 2 N–H and O–H groups in total. The molecule has 4 heteroatoms. The number of oxime groups is 1. The van der Waals surface area contributed by atoms with E-state index in [2.05, 4.69) is 9.99 Å². The van der Waals surface area contributed by atoms with Crippen LogP contribution < -0.4 is 0 Å². The Bertz CT molecular complexity index is 129. The zero-order chi connectivity index (χ0) is 6.20. The maximum atomic E-state index is 8.58. The van der Waals surface area contributed by atoms with Gasteiger partial charge >= 0.3 is 5.97 Å². The lowest BCUT2D eigenvalue weighted by Gasteiger charge is -2.08. The maximum absolute atomic E-state index is 8.58. The van der Waals surface area contributed by atoms with Gasteiger partial charge in [0.1, 0.15) is 0 Å². The Morgan fingerprint density at radius 3 is 2.50 bits per heavy atom. The molecule has 0 bridgehead atoms. The van der Waals surface area contributed by atoms with Crippen molar-refractivity contribution in [1.29, 1.82) is 0 Å². The molecule has 4 nitrogen and oxygen atoms in total. The van der Waals surface area contributed by atoms with Crippen molar-refractivity contribution in [2.75, 3.05) is 0 Å². The SMILES string of the molecule is CC1=NOC(O)(O)C1. The summed E-state index contributed by atoms with van der Waals surface area (Å²) >= 11 is 0. The first kappa shape index (κ1) is 5.53. The molecule has 1 heterocycles. The fraction of sp³-hybridized carbons (Fsp3) is 0.750. The first-order valence-corrected chi connectivity index (χ1v) is 2.26. The highest BCUT2D eigenvalue weighted by Gasteiger charge is 2.31. The summed E-state index contributed by atoms with van der Waals surface area (Å²) in [7, 11) is 0. The van der Waals surface area contributed by atoms with Crippen molar-refractivity contribution in [3.63, 3.8) is 0 Å². The molecular weight excluding hydrogens is 110 g/mol. The fourth-order valence-electron chi connectivity index (χ4n) is 0.549. The summed E-state index contributed by atoms with van der Waals surface area (Å²) in [6.07, 6.45) is 0.0764. The molecule has 0 radical (unpaired) electrons. The van der Waals surface area contributed by atoms with Crippen LogP contribution >= 0.6 is 0 Å². The molecule has 0 saturated heterocycles. The Labute approximate surface area is 46.4 Å². The number of hydrogen-bond acceptors (Lipinski definition) is 4. The van der Waals surface area contributed by atoms with Gasteiger partial charge in [-0.3, -0.25) is 0 Å². The van der Waals surface area contributed by atoms with Crippen LogP contribution in [0.4, 0.5) is 0 Å². The average molecular weight is 117 g/mol. The van der Waals surface area contributed by atoms with Gasteiger partial charge in [0.05, 0.1) is 12.1 Å². The Balaban J connectivity index is 2.55. The summed E-state index contributed by atoms with van der Waals surface area (Å²) in [5.41, 5.74) is 0.593. The van der Waals surface area contributed by atoms with Crippen LogP contribution in [0.15, 0.2) is 5.16 Å². The van der Waals surface area contributed by atoms with E-state index in [1.54, 1.807) is 6.92 Å². The van der Waals surface area contributed by atoms with Gasteiger partial charge in [-0.2, -0.15) is 0 Å². The van der Waals surface area contributed by atoms with Gasteiger partial charge in [-0.1, -0.05) is 5.16 Å². The van der Waals surface area contributed by atoms with E-state index in [9.17, 15) is 0 Å². The Morgan fingerprint density at radius 1 is 1.75 bits per heavy atom. The van der Waals surface area contributed by atoms with Crippen molar-refractivity contribution >= 4 is 5.71 Å². The topological polar surface area (TPSA) is 62.0 Å². The molecule has 0 aromatic rings. The van der Waals surface area contributed by atoms with Gasteiger partial charge in [0.2, 0.25) is 0 Å². The molecule has 0 aliphatic carbocycles. The smallest absolute Gasteiger partial charge is 0.332 e. The highest BCUT2D eigenvalue weighted by molar-refractivity contribution is 5.82. The molecule has 1 aliphatic rings. The molecule has 0 amide bonds. The summed E-state index contributed by atoms with van der Waals surface area (Å²) in [5, 5.41) is 20.5. The molecule has 0 atom stereocenters. The molecule has 0 spiro atoms. The van der Waals surface area contributed by atoms with Gasteiger partial charge in [0.15, 0.2) is 0 Å². The minimum Gasteiger partial charge on any atom is -0.332 e. The third-order valence-corrected chi connectivity index (χ3v) is 0.834. The number of aliphatic hydroxyl groups is 2. The quantitative estimate of drug-likeness (QED) is 0.417. The van der Waals surface area contributed by atoms with E-state index < -0.39 is 5.97 Å². The molecule has 0 aromatic heterocycles. The largest absolute Gasteiger partial charge is 0.350 e. The molecule has 8 heavy (non-hydrogen) atoms. The Kier molecular flexibility index (Phi) is 0.988. The van der Waals surface area contributed by atoms with Crippen molar-refractivity contribution in [2.45, 2.75) is 19.3 Å². The lowest BCUT2D eigenvalue weighted by atomic mass is 10.3. The lowest BCUT2D eigenvalue weighted by Crippen LogP contribution is -2.26. The summed E-state index contributed by atoms with van der Waals surface area (Å²) in [6, 6.07) is 0. The standard InChI is InChI=1S/C4H7NO3/c1-3-2-4(6,7)8-5-3/h6-7H,2H2,1H3. The summed E-state index contributed by atoms with van der Waals surface area (Å²) < 4.78 is 0. The average Bonchev–Trinajstić information content (AvgIpc) is 1.82. The normalized spacial score (nSPS) is 24.6. The molecule has 1 rings (SSSR count). The van der Waals surface area contributed by atoms with Crippen LogP contribution in [0, 0.1) is 0 Å². The van der Waals surface area contributed by atoms with E-state index >= 15 is 0 Å². The van der Waals surface area contributed by atoms with Gasteiger partial charge < -0.3 is 15.1 Å². The fourth-order valence-corrected chi connectivity index (χ4v) is 0.549. The van der Waals surface area contributed by atoms with Crippen molar-refractivity contribution in [3.8, 4) is 0 Å². The summed E-state index contributed by atoms with van der Waals surface area (Å²) in [5.74, 6) is -2.04.